The van der Waals surface area contributed by atoms with Crippen LogP contribution in [0.4, 0.5) is 0 Å². The predicted molar refractivity (Wildman–Crippen MR) is 75.0 cm³/mol. The first-order valence-electron chi connectivity index (χ1n) is 7.60. The van der Waals surface area contributed by atoms with Crippen molar-refractivity contribution in [3.8, 4) is 0 Å². The van der Waals surface area contributed by atoms with E-state index in [1.807, 2.05) is 18.3 Å². The highest BCUT2D eigenvalue weighted by molar-refractivity contribution is 5.99. The molecule has 0 spiro atoms. The van der Waals surface area contributed by atoms with Crippen molar-refractivity contribution in [1.29, 1.82) is 0 Å². The Morgan fingerprint density at radius 1 is 1.16 bits per heavy atom. The van der Waals surface area contributed by atoms with Gasteiger partial charge in [-0.05, 0) is 67.4 Å². The number of rotatable bonds is 2. The predicted octanol–water partition coefficient (Wildman–Crippen LogP) is 4.19. The van der Waals surface area contributed by atoms with E-state index in [-0.39, 0.29) is 5.41 Å². The molecule has 1 aromatic rings. The molecule has 19 heavy (non-hydrogen) atoms. The average Bonchev–Trinajstić information content (AvgIpc) is 2.75. The number of aromatic amines is 1. The molecule has 2 nitrogen and oxygen atoms in total. The Bertz CT molecular complexity index is 511. The number of aromatic nitrogens is 1. The summed E-state index contributed by atoms with van der Waals surface area (Å²) in [6.45, 7) is 4.85. The fourth-order valence-corrected chi connectivity index (χ4v) is 6.46. The van der Waals surface area contributed by atoms with E-state index in [2.05, 4.69) is 18.8 Å². The van der Waals surface area contributed by atoms with Crippen LogP contribution in [0, 0.1) is 22.2 Å². The van der Waals surface area contributed by atoms with Gasteiger partial charge in [0.05, 0.1) is 5.69 Å². The zero-order valence-electron chi connectivity index (χ0n) is 12.0. The number of ketones is 1. The third kappa shape index (κ3) is 1.58. The van der Waals surface area contributed by atoms with E-state index in [4.69, 9.17) is 0 Å². The molecule has 0 aromatic carbocycles. The van der Waals surface area contributed by atoms with Gasteiger partial charge in [-0.1, -0.05) is 13.8 Å². The second-order valence-corrected chi connectivity index (χ2v) is 8.32. The van der Waals surface area contributed by atoms with Gasteiger partial charge in [0.1, 0.15) is 0 Å². The molecule has 102 valence electrons. The molecular weight excluding hydrogens is 234 g/mol. The highest BCUT2D eigenvalue weighted by atomic mass is 16.1. The minimum atomic E-state index is -0.0617. The fraction of sp³-hybridized carbons (Fsp3) is 0.706. The lowest BCUT2D eigenvalue weighted by Gasteiger charge is -2.64. The maximum absolute atomic E-state index is 13.0. The van der Waals surface area contributed by atoms with Crippen LogP contribution in [0.5, 0.6) is 0 Å². The van der Waals surface area contributed by atoms with Crippen molar-refractivity contribution < 1.29 is 4.79 Å². The van der Waals surface area contributed by atoms with Crippen LogP contribution in [-0.2, 0) is 0 Å². The number of Topliss-reactive ketones (excluding diaryl/α,β-unsaturated/α-hetero) is 1. The molecule has 0 saturated heterocycles. The SMILES string of the molecule is CC12CC3CC(C)(C1)CC(C(=O)c1ccc[nH]1)(C3)C2. The number of carbonyl (C=O) groups excluding carboxylic acids is 1. The molecule has 0 aliphatic heterocycles. The van der Waals surface area contributed by atoms with Crippen LogP contribution in [0.15, 0.2) is 18.3 Å². The minimum absolute atomic E-state index is 0.0617. The Labute approximate surface area is 115 Å². The third-order valence-corrected chi connectivity index (χ3v) is 5.95. The second-order valence-electron chi connectivity index (χ2n) is 8.32. The zero-order valence-corrected chi connectivity index (χ0v) is 12.0. The highest BCUT2D eigenvalue weighted by Crippen LogP contribution is 2.70. The van der Waals surface area contributed by atoms with Gasteiger partial charge in [-0.15, -0.1) is 0 Å². The van der Waals surface area contributed by atoms with Crippen molar-refractivity contribution in [3.05, 3.63) is 24.0 Å². The maximum Gasteiger partial charge on any atom is 0.185 e. The van der Waals surface area contributed by atoms with Gasteiger partial charge in [-0.3, -0.25) is 4.79 Å². The fourth-order valence-electron chi connectivity index (χ4n) is 6.46. The van der Waals surface area contributed by atoms with Crippen molar-refractivity contribution in [1.82, 2.24) is 4.98 Å². The molecule has 1 aromatic heterocycles. The first-order valence-corrected chi connectivity index (χ1v) is 7.60. The topological polar surface area (TPSA) is 32.9 Å². The highest BCUT2D eigenvalue weighted by Gasteiger charge is 2.62. The smallest absolute Gasteiger partial charge is 0.185 e. The molecule has 4 fully saturated rings. The molecule has 2 unspecified atom stereocenters. The van der Waals surface area contributed by atoms with Gasteiger partial charge in [-0.2, -0.15) is 0 Å². The van der Waals surface area contributed by atoms with Gasteiger partial charge >= 0.3 is 0 Å². The molecule has 4 saturated carbocycles. The van der Waals surface area contributed by atoms with Crippen molar-refractivity contribution in [2.24, 2.45) is 22.2 Å². The first kappa shape index (κ1) is 11.7. The normalized spacial score (nSPS) is 47.6. The number of nitrogens with one attached hydrogen (secondary N) is 1. The largest absolute Gasteiger partial charge is 0.359 e. The summed E-state index contributed by atoms with van der Waals surface area (Å²) < 4.78 is 0. The van der Waals surface area contributed by atoms with Crippen LogP contribution in [-0.4, -0.2) is 10.8 Å². The van der Waals surface area contributed by atoms with Gasteiger partial charge in [0.25, 0.3) is 0 Å². The summed E-state index contributed by atoms with van der Waals surface area (Å²) >= 11 is 0. The van der Waals surface area contributed by atoms with Crippen LogP contribution >= 0.6 is 0 Å². The standard InChI is InChI=1S/C17H23NO/c1-15-6-12-7-16(2,9-15)11-17(8-12,10-15)14(19)13-4-3-5-18-13/h3-5,12,18H,6-11H2,1-2H3. The lowest BCUT2D eigenvalue weighted by atomic mass is 9.39. The number of H-pyrrole nitrogens is 1. The molecule has 4 aliphatic carbocycles. The molecule has 2 atom stereocenters. The van der Waals surface area contributed by atoms with E-state index in [1.165, 1.54) is 19.3 Å². The van der Waals surface area contributed by atoms with Crippen LogP contribution in [0.25, 0.3) is 0 Å². The van der Waals surface area contributed by atoms with E-state index < -0.39 is 0 Å². The Hall–Kier alpha value is -1.05. The van der Waals surface area contributed by atoms with Gasteiger partial charge in [-0.25, -0.2) is 0 Å². The van der Waals surface area contributed by atoms with Crippen molar-refractivity contribution in [2.45, 2.75) is 52.4 Å². The quantitative estimate of drug-likeness (QED) is 0.792. The summed E-state index contributed by atoms with van der Waals surface area (Å²) in [6.07, 6.45) is 9.27. The maximum atomic E-state index is 13.0. The molecule has 5 rings (SSSR count). The molecule has 0 amide bonds. The Morgan fingerprint density at radius 3 is 2.37 bits per heavy atom. The Morgan fingerprint density at radius 2 is 1.84 bits per heavy atom. The van der Waals surface area contributed by atoms with E-state index in [0.29, 0.717) is 16.6 Å². The summed E-state index contributed by atoms with van der Waals surface area (Å²) in [5.74, 6) is 1.17. The van der Waals surface area contributed by atoms with Crippen LogP contribution in [0.2, 0.25) is 0 Å². The Balaban J connectivity index is 1.77. The zero-order chi connectivity index (χ0) is 13.3. The van der Waals surface area contributed by atoms with Crippen LogP contribution < -0.4 is 0 Å². The third-order valence-electron chi connectivity index (χ3n) is 5.95. The summed E-state index contributed by atoms with van der Waals surface area (Å²) in [4.78, 5) is 16.1. The average molecular weight is 257 g/mol. The van der Waals surface area contributed by atoms with Crippen LogP contribution in [0.3, 0.4) is 0 Å². The molecule has 1 heterocycles. The van der Waals surface area contributed by atoms with Gasteiger partial charge < -0.3 is 4.98 Å². The molecule has 0 radical (unpaired) electrons. The summed E-state index contributed by atoms with van der Waals surface area (Å²) in [5, 5.41) is 0. The molecule has 1 N–H and O–H groups in total. The Kier molecular flexibility index (Phi) is 2.06. The molecular formula is C17H23NO. The number of carbonyl (C=O) groups is 1. The van der Waals surface area contributed by atoms with E-state index in [0.717, 1.165) is 30.9 Å². The molecule has 2 heteroatoms. The molecule has 4 bridgehead atoms. The van der Waals surface area contributed by atoms with E-state index >= 15 is 0 Å². The van der Waals surface area contributed by atoms with Crippen molar-refractivity contribution >= 4 is 5.78 Å². The van der Waals surface area contributed by atoms with Crippen molar-refractivity contribution in [3.63, 3.8) is 0 Å². The lowest BCUT2D eigenvalue weighted by Crippen LogP contribution is -2.57. The van der Waals surface area contributed by atoms with Gasteiger partial charge in [0.15, 0.2) is 5.78 Å². The number of hydrogen-bond donors (Lipinski definition) is 1. The van der Waals surface area contributed by atoms with E-state index in [1.54, 1.807) is 0 Å². The van der Waals surface area contributed by atoms with Crippen molar-refractivity contribution in [2.75, 3.05) is 0 Å². The molecule has 4 aliphatic rings. The summed E-state index contributed by atoms with van der Waals surface area (Å²) in [7, 11) is 0. The monoisotopic (exact) mass is 257 g/mol. The second kappa shape index (κ2) is 3.34. The van der Waals surface area contributed by atoms with Crippen LogP contribution in [0.1, 0.15) is 62.9 Å². The number of hydrogen-bond acceptors (Lipinski definition) is 1. The summed E-state index contributed by atoms with van der Waals surface area (Å²) in [6, 6.07) is 3.89. The first-order chi connectivity index (χ1) is 8.92. The van der Waals surface area contributed by atoms with Gasteiger partial charge in [0.2, 0.25) is 0 Å². The van der Waals surface area contributed by atoms with E-state index in [9.17, 15) is 4.79 Å². The minimum Gasteiger partial charge on any atom is -0.359 e. The lowest BCUT2D eigenvalue weighted by molar-refractivity contribution is -0.125. The van der Waals surface area contributed by atoms with Gasteiger partial charge in [0, 0.05) is 11.6 Å². The summed E-state index contributed by atoms with van der Waals surface area (Å²) in [5.41, 5.74) is 1.59.